The summed E-state index contributed by atoms with van der Waals surface area (Å²) < 4.78 is 27.8. The minimum Gasteiger partial charge on any atom is -0.339 e. The average Bonchev–Trinajstić information content (AvgIpc) is 2.64. The normalized spacial score (nSPS) is 13.9. The van der Waals surface area contributed by atoms with E-state index in [0.717, 1.165) is 12.8 Å². The second-order valence-corrected chi connectivity index (χ2v) is 5.38. The molecule has 92 valence electrons. The maximum absolute atomic E-state index is 11.8. The van der Waals surface area contributed by atoms with Crippen LogP contribution in [0, 0.1) is 0 Å². The van der Waals surface area contributed by atoms with E-state index in [1.807, 2.05) is 6.92 Å². The summed E-state index contributed by atoms with van der Waals surface area (Å²) >= 11 is 0. The van der Waals surface area contributed by atoms with Crippen molar-refractivity contribution < 1.29 is 8.42 Å². The van der Waals surface area contributed by atoms with Crippen molar-refractivity contribution in [3.05, 3.63) is 12.5 Å². The average molecular weight is 246 g/mol. The smallest absolute Gasteiger partial charge is 0.259 e. The zero-order valence-electron chi connectivity index (χ0n) is 9.55. The molecule has 0 aliphatic carbocycles. The van der Waals surface area contributed by atoms with Crippen molar-refractivity contribution in [1.82, 2.24) is 14.3 Å². The molecule has 0 spiro atoms. The van der Waals surface area contributed by atoms with Crippen LogP contribution in [0.15, 0.2) is 17.6 Å². The summed E-state index contributed by atoms with van der Waals surface area (Å²) in [6, 6.07) is -0.225. The van der Waals surface area contributed by atoms with E-state index < -0.39 is 10.0 Å². The van der Waals surface area contributed by atoms with E-state index in [4.69, 9.17) is 5.73 Å². The highest BCUT2D eigenvalue weighted by molar-refractivity contribution is 7.89. The zero-order chi connectivity index (χ0) is 12.2. The molecule has 1 aromatic rings. The van der Waals surface area contributed by atoms with Crippen LogP contribution in [0.2, 0.25) is 0 Å². The number of nitrogens with one attached hydrogen (secondary N) is 1. The van der Waals surface area contributed by atoms with Crippen LogP contribution in [0.1, 0.15) is 19.8 Å². The molecule has 0 aliphatic heterocycles. The largest absolute Gasteiger partial charge is 0.339 e. The maximum Gasteiger partial charge on any atom is 0.259 e. The van der Waals surface area contributed by atoms with Crippen LogP contribution in [0.4, 0.5) is 0 Å². The lowest BCUT2D eigenvalue weighted by Gasteiger charge is -2.14. The van der Waals surface area contributed by atoms with E-state index in [-0.39, 0.29) is 11.1 Å². The lowest BCUT2D eigenvalue weighted by atomic mass is 10.2. The molecule has 7 heteroatoms. The van der Waals surface area contributed by atoms with Crippen LogP contribution >= 0.6 is 0 Å². The highest BCUT2D eigenvalue weighted by Crippen LogP contribution is 2.06. The van der Waals surface area contributed by atoms with Gasteiger partial charge < -0.3 is 10.3 Å². The number of hydrogen-bond acceptors (Lipinski definition) is 4. The number of aromatic nitrogens is 2. The van der Waals surface area contributed by atoms with Crippen LogP contribution in [0.5, 0.6) is 0 Å². The predicted molar refractivity (Wildman–Crippen MR) is 61.3 cm³/mol. The van der Waals surface area contributed by atoms with E-state index in [9.17, 15) is 8.42 Å². The quantitative estimate of drug-likeness (QED) is 0.729. The predicted octanol–water partition coefficient (Wildman–Crippen LogP) is -0.174. The molecule has 0 bridgehead atoms. The lowest BCUT2D eigenvalue weighted by molar-refractivity contribution is 0.525. The summed E-state index contributed by atoms with van der Waals surface area (Å²) in [6.07, 6.45) is 4.52. The van der Waals surface area contributed by atoms with Crippen LogP contribution in [0.3, 0.4) is 0 Å². The Morgan fingerprint density at radius 1 is 1.62 bits per heavy atom. The number of nitrogens with two attached hydrogens (primary N) is 1. The Hall–Kier alpha value is -0.920. The Kier molecular flexibility index (Phi) is 4.45. The van der Waals surface area contributed by atoms with Crippen molar-refractivity contribution in [1.29, 1.82) is 0 Å². The Labute approximate surface area is 95.9 Å². The third-order valence-corrected chi connectivity index (χ3v) is 3.61. The summed E-state index contributed by atoms with van der Waals surface area (Å²) in [5, 5.41) is 0.0320. The third-order valence-electron chi connectivity index (χ3n) is 2.20. The van der Waals surface area contributed by atoms with Crippen LogP contribution in [-0.2, 0) is 17.1 Å². The van der Waals surface area contributed by atoms with E-state index in [1.165, 1.54) is 12.5 Å². The molecule has 0 amide bonds. The van der Waals surface area contributed by atoms with Gasteiger partial charge in [-0.1, -0.05) is 13.3 Å². The fourth-order valence-corrected chi connectivity index (χ4v) is 2.65. The topological polar surface area (TPSA) is 90.0 Å². The minimum atomic E-state index is -3.53. The molecule has 3 N–H and O–H groups in total. The Bertz CT molecular complexity index is 426. The standard InChI is InChI=1S/C9H18N4O2S/c1-3-4-8(5-10)12-16(14,15)9-6-13(2)7-11-9/h6-8,12H,3-5,10H2,1-2H3. The Morgan fingerprint density at radius 2 is 2.31 bits per heavy atom. The number of hydrogen-bond donors (Lipinski definition) is 2. The summed E-state index contributed by atoms with van der Waals surface area (Å²) in [4.78, 5) is 3.81. The summed E-state index contributed by atoms with van der Waals surface area (Å²) in [7, 11) is -1.81. The van der Waals surface area contributed by atoms with Gasteiger partial charge >= 0.3 is 0 Å². The van der Waals surface area contributed by atoms with Crippen molar-refractivity contribution >= 4 is 10.0 Å². The van der Waals surface area contributed by atoms with E-state index in [1.54, 1.807) is 11.6 Å². The molecule has 1 rings (SSSR count). The second-order valence-electron chi connectivity index (χ2n) is 3.72. The van der Waals surface area contributed by atoms with Gasteiger partial charge in [-0.05, 0) is 6.42 Å². The van der Waals surface area contributed by atoms with Gasteiger partial charge in [0.2, 0.25) is 0 Å². The molecule has 1 atom stereocenters. The van der Waals surface area contributed by atoms with Crippen LogP contribution < -0.4 is 10.5 Å². The molecule has 0 aliphatic rings. The van der Waals surface area contributed by atoms with E-state index in [0.29, 0.717) is 6.54 Å². The van der Waals surface area contributed by atoms with Gasteiger partial charge in [0.05, 0.1) is 6.33 Å². The van der Waals surface area contributed by atoms with Gasteiger partial charge in [0.15, 0.2) is 5.03 Å². The molecule has 0 saturated heterocycles. The monoisotopic (exact) mass is 246 g/mol. The Balaban J connectivity index is 2.78. The zero-order valence-corrected chi connectivity index (χ0v) is 10.4. The lowest BCUT2D eigenvalue weighted by Crippen LogP contribution is -2.40. The minimum absolute atomic E-state index is 0.0320. The van der Waals surface area contributed by atoms with E-state index >= 15 is 0 Å². The number of rotatable bonds is 6. The number of sulfonamides is 1. The molecule has 0 saturated carbocycles. The molecular weight excluding hydrogens is 228 g/mol. The maximum atomic E-state index is 11.8. The summed E-state index contributed by atoms with van der Waals surface area (Å²) in [6.45, 7) is 2.28. The highest BCUT2D eigenvalue weighted by Gasteiger charge is 2.20. The molecule has 16 heavy (non-hydrogen) atoms. The third kappa shape index (κ3) is 3.29. The van der Waals surface area contributed by atoms with Crippen LogP contribution in [0.25, 0.3) is 0 Å². The fourth-order valence-electron chi connectivity index (χ4n) is 1.38. The summed E-state index contributed by atoms with van der Waals surface area (Å²) in [5.41, 5.74) is 5.50. The second kappa shape index (κ2) is 5.42. The van der Waals surface area contributed by atoms with Gasteiger partial charge in [0.1, 0.15) is 0 Å². The molecule has 0 aromatic carbocycles. The first kappa shape index (κ1) is 13.1. The number of aryl methyl sites for hydroxylation is 1. The molecule has 6 nitrogen and oxygen atoms in total. The molecule has 1 unspecified atom stereocenters. The number of nitrogens with zero attached hydrogens (tertiary/aromatic N) is 2. The first-order valence-corrected chi connectivity index (χ1v) is 6.68. The van der Waals surface area contributed by atoms with Crippen molar-refractivity contribution in [2.24, 2.45) is 12.8 Å². The van der Waals surface area contributed by atoms with Gasteiger partial charge in [-0.3, -0.25) is 0 Å². The van der Waals surface area contributed by atoms with Crippen molar-refractivity contribution in [2.75, 3.05) is 6.54 Å². The Morgan fingerprint density at radius 3 is 2.75 bits per heavy atom. The SMILES string of the molecule is CCCC(CN)NS(=O)(=O)c1cn(C)cn1. The van der Waals surface area contributed by atoms with Crippen molar-refractivity contribution in [3.8, 4) is 0 Å². The van der Waals surface area contributed by atoms with Crippen molar-refractivity contribution in [2.45, 2.75) is 30.8 Å². The van der Waals surface area contributed by atoms with Gasteiger partial charge in [-0.25, -0.2) is 18.1 Å². The van der Waals surface area contributed by atoms with Gasteiger partial charge in [0.25, 0.3) is 10.0 Å². The first-order chi connectivity index (χ1) is 7.49. The van der Waals surface area contributed by atoms with Crippen LogP contribution in [-0.4, -0.2) is 30.6 Å². The van der Waals surface area contributed by atoms with Gasteiger partial charge in [-0.15, -0.1) is 0 Å². The van der Waals surface area contributed by atoms with Gasteiger partial charge in [-0.2, -0.15) is 0 Å². The number of imidazole rings is 1. The summed E-state index contributed by atoms with van der Waals surface area (Å²) in [5.74, 6) is 0. The molecule has 1 heterocycles. The van der Waals surface area contributed by atoms with Crippen molar-refractivity contribution in [3.63, 3.8) is 0 Å². The molecule has 0 radical (unpaired) electrons. The fraction of sp³-hybridized carbons (Fsp3) is 0.667. The van der Waals surface area contributed by atoms with Gasteiger partial charge in [0, 0.05) is 25.8 Å². The molecule has 1 aromatic heterocycles. The van der Waals surface area contributed by atoms with E-state index in [2.05, 4.69) is 9.71 Å². The molecule has 0 fully saturated rings. The first-order valence-electron chi connectivity index (χ1n) is 5.20. The highest BCUT2D eigenvalue weighted by atomic mass is 32.2. The molecular formula is C9H18N4O2S.